The van der Waals surface area contributed by atoms with Gasteiger partial charge in [0, 0.05) is 24.8 Å². The summed E-state index contributed by atoms with van der Waals surface area (Å²) < 4.78 is 10.9. The Kier molecular flexibility index (Phi) is 6.55. The molecule has 3 aromatic rings. The van der Waals surface area contributed by atoms with E-state index >= 15 is 0 Å². The van der Waals surface area contributed by atoms with Crippen LogP contribution in [0.3, 0.4) is 0 Å². The molecule has 0 bridgehead atoms. The Morgan fingerprint density at radius 3 is 3.04 bits per heavy atom. The first kappa shape index (κ1) is 18.0. The third-order valence-corrected chi connectivity index (χ3v) is 4.59. The molecular formula is C16H17IN5O2P. The Morgan fingerprint density at radius 2 is 2.20 bits per heavy atom. The van der Waals surface area contributed by atoms with Gasteiger partial charge in [-0.2, -0.15) is 4.98 Å². The van der Waals surface area contributed by atoms with E-state index in [-0.39, 0.29) is 0 Å². The summed E-state index contributed by atoms with van der Waals surface area (Å²) in [4.78, 5) is 16.2. The van der Waals surface area contributed by atoms with E-state index in [1.54, 1.807) is 19.4 Å². The molecule has 0 spiro atoms. The molecule has 1 unspecified atom stereocenters. The smallest absolute Gasteiger partial charge is 0.224 e. The van der Waals surface area contributed by atoms with Crippen LogP contribution in [0.1, 0.15) is 11.3 Å². The van der Waals surface area contributed by atoms with Crippen LogP contribution in [0, 0.1) is 0 Å². The van der Waals surface area contributed by atoms with E-state index < -0.39 is 0 Å². The number of fused-ring (bicyclic) bond motifs is 1. The highest BCUT2D eigenvalue weighted by molar-refractivity contribution is 14.2. The van der Waals surface area contributed by atoms with Gasteiger partial charge in [-0.05, 0) is 45.8 Å². The number of rotatable bonds is 8. The second-order valence-electron chi connectivity index (χ2n) is 4.98. The van der Waals surface area contributed by atoms with Crippen molar-refractivity contribution in [1.29, 1.82) is 0 Å². The summed E-state index contributed by atoms with van der Waals surface area (Å²) in [5, 5.41) is 3.93. The molecule has 0 fully saturated rings. The topological polar surface area (TPSA) is 85.0 Å². The molecule has 3 heterocycles. The first-order valence-electron chi connectivity index (χ1n) is 7.56. The van der Waals surface area contributed by atoms with Gasteiger partial charge in [-0.3, -0.25) is 4.98 Å². The van der Waals surface area contributed by atoms with E-state index in [1.165, 1.54) is 0 Å². The van der Waals surface area contributed by atoms with Gasteiger partial charge in [-0.25, -0.2) is 4.98 Å². The predicted octanol–water partition coefficient (Wildman–Crippen LogP) is 3.90. The maximum atomic E-state index is 5.63. The van der Waals surface area contributed by atoms with Gasteiger partial charge < -0.3 is 19.6 Å². The third-order valence-electron chi connectivity index (χ3n) is 3.35. The van der Waals surface area contributed by atoms with Gasteiger partial charge in [0.25, 0.3) is 0 Å². The summed E-state index contributed by atoms with van der Waals surface area (Å²) in [7, 11) is 1.80. The van der Waals surface area contributed by atoms with Gasteiger partial charge in [0.2, 0.25) is 5.95 Å². The third kappa shape index (κ3) is 4.87. The van der Waals surface area contributed by atoms with Crippen molar-refractivity contribution in [2.45, 2.75) is 0 Å². The molecule has 0 aliphatic rings. The van der Waals surface area contributed by atoms with E-state index in [0.29, 0.717) is 31.4 Å². The molecule has 2 N–H and O–H groups in total. The van der Waals surface area contributed by atoms with Gasteiger partial charge in [-0.1, -0.05) is 6.08 Å². The Balaban J connectivity index is 1.77. The van der Waals surface area contributed by atoms with Crippen molar-refractivity contribution >= 4 is 57.6 Å². The zero-order valence-electron chi connectivity index (χ0n) is 13.5. The standard InChI is InChI=1S/C16H17IN5O2P/c1-18-16-21-14(13-4-5-20-15(13)22-16)3-2-11-8-12(10-19-9-11)23-6-7-24-25-17/h2-5,8-10,25H,6-7H2,1H3,(H2,18,20,21,22)/b3-2+. The van der Waals surface area contributed by atoms with Crippen molar-refractivity contribution in [3.8, 4) is 5.75 Å². The molecule has 130 valence electrons. The van der Waals surface area contributed by atoms with Gasteiger partial charge in [-0.15, -0.1) is 0 Å². The molecule has 0 aliphatic carbocycles. The van der Waals surface area contributed by atoms with E-state index in [4.69, 9.17) is 9.26 Å². The number of aromatic amines is 1. The molecular weight excluding hydrogens is 452 g/mol. The van der Waals surface area contributed by atoms with Gasteiger partial charge in [0.05, 0.1) is 24.9 Å². The molecule has 0 radical (unpaired) electrons. The number of hydrogen-bond acceptors (Lipinski definition) is 6. The molecule has 9 heteroatoms. The Bertz CT molecular complexity index is 871. The molecule has 0 saturated carbocycles. The van der Waals surface area contributed by atoms with Crippen LogP contribution in [-0.2, 0) is 4.52 Å². The average molecular weight is 469 g/mol. The predicted molar refractivity (Wildman–Crippen MR) is 110 cm³/mol. The molecule has 7 nitrogen and oxygen atoms in total. The van der Waals surface area contributed by atoms with Crippen molar-refractivity contribution in [3.05, 3.63) is 42.0 Å². The number of anilines is 1. The van der Waals surface area contributed by atoms with Crippen molar-refractivity contribution in [3.63, 3.8) is 0 Å². The molecule has 25 heavy (non-hydrogen) atoms. The molecule has 1 atom stereocenters. The largest absolute Gasteiger partial charge is 0.490 e. The number of halogens is 1. The minimum absolute atomic E-state index is 0.444. The highest BCUT2D eigenvalue weighted by Gasteiger charge is 2.05. The van der Waals surface area contributed by atoms with Crippen LogP contribution in [0.5, 0.6) is 5.75 Å². The fraction of sp³-hybridized carbons (Fsp3) is 0.188. The maximum Gasteiger partial charge on any atom is 0.224 e. The summed E-state index contributed by atoms with van der Waals surface area (Å²) in [6, 6.07) is 3.89. The first-order chi connectivity index (χ1) is 12.3. The summed E-state index contributed by atoms with van der Waals surface area (Å²) >= 11 is 2.19. The quantitative estimate of drug-likeness (QED) is 0.296. The van der Waals surface area contributed by atoms with Gasteiger partial charge >= 0.3 is 0 Å². The number of H-pyrrole nitrogens is 1. The van der Waals surface area contributed by atoms with Crippen LogP contribution in [0.2, 0.25) is 0 Å². The summed E-state index contributed by atoms with van der Waals surface area (Å²) in [5.74, 6) is 1.29. The van der Waals surface area contributed by atoms with Crippen molar-refractivity contribution < 1.29 is 9.26 Å². The first-order valence-corrected chi connectivity index (χ1v) is 11.6. The maximum absolute atomic E-state index is 5.63. The second-order valence-corrected chi connectivity index (χ2v) is 6.75. The molecule has 0 aliphatic heterocycles. The molecule has 3 rings (SSSR count). The lowest BCUT2D eigenvalue weighted by Crippen LogP contribution is -2.03. The van der Waals surface area contributed by atoms with Crippen molar-refractivity contribution in [1.82, 2.24) is 19.9 Å². The van der Waals surface area contributed by atoms with E-state index in [0.717, 1.165) is 22.3 Å². The van der Waals surface area contributed by atoms with Crippen LogP contribution in [0.25, 0.3) is 23.2 Å². The Labute approximate surface area is 160 Å². The summed E-state index contributed by atoms with van der Waals surface area (Å²) in [6.45, 7) is 1.52. The van der Waals surface area contributed by atoms with Crippen LogP contribution >= 0.6 is 28.5 Å². The van der Waals surface area contributed by atoms with Crippen LogP contribution in [0.15, 0.2) is 30.7 Å². The minimum Gasteiger partial charge on any atom is -0.490 e. The summed E-state index contributed by atoms with van der Waals surface area (Å²) in [6.07, 6.45) is 9.22. The van der Waals surface area contributed by atoms with Crippen molar-refractivity contribution in [2.24, 2.45) is 0 Å². The molecule has 0 saturated heterocycles. The van der Waals surface area contributed by atoms with E-state index in [2.05, 4.69) is 47.3 Å². The number of ether oxygens (including phenoxy) is 1. The number of nitrogens with zero attached hydrogens (tertiary/aromatic N) is 3. The summed E-state index contributed by atoms with van der Waals surface area (Å²) in [5.41, 5.74) is 2.56. The zero-order chi connectivity index (χ0) is 17.5. The van der Waals surface area contributed by atoms with Crippen molar-refractivity contribution in [2.75, 3.05) is 25.6 Å². The van der Waals surface area contributed by atoms with Gasteiger partial charge in [0.1, 0.15) is 18.0 Å². The monoisotopic (exact) mass is 469 g/mol. The zero-order valence-corrected chi connectivity index (χ0v) is 16.6. The highest BCUT2D eigenvalue weighted by Crippen LogP contribution is 2.22. The van der Waals surface area contributed by atoms with Crippen LogP contribution < -0.4 is 10.1 Å². The second kappa shape index (κ2) is 9.07. The van der Waals surface area contributed by atoms with Gasteiger partial charge in [0.15, 0.2) is 0 Å². The SMILES string of the molecule is CNc1nc(/C=C/c2cncc(OCCOPI)c2)c2cc[nH]c2n1. The lowest BCUT2D eigenvalue weighted by Gasteiger charge is -2.06. The fourth-order valence-electron chi connectivity index (χ4n) is 2.22. The lowest BCUT2D eigenvalue weighted by molar-refractivity contribution is 0.236. The van der Waals surface area contributed by atoms with Crippen LogP contribution in [-0.4, -0.2) is 40.2 Å². The Hall–Kier alpha value is -1.77. The van der Waals surface area contributed by atoms with E-state index in [9.17, 15) is 0 Å². The average Bonchev–Trinajstić information content (AvgIpc) is 3.12. The molecule has 0 amide bonds. The number of nitrogens with one attached hydrogen (secondary N) is 2. The fourth-order valence-corrected chi connectivity index (χ4v) is 3.05. The minimum atomic E-state index is 0.444. The van der Waals surface area contributed by atoms with Crippen LogP contribution in [0.4, 0.5) is 5.95 Å². The lowest BCUT2D eigenvalue weighted by atomic mass is 10.2. The van der Waals surface area contributed by atoms with E-state index in [1.807, 2.05) is 30.5 Å². The number of aromatic nitrogens is 4. The molecule has 3 aromatic heterocycles. The highest BCUT2D eigenvalue weighted by atomic mass is 127. The molecule has 0 aromatic carbocycles. The number of hydrogen-bond donors (Lipinski definition) is 2. The Morgan fingerprint density at radius 1 is 1.28 bits per heavy atom. The number of pyridine rings is 1. The normalized spacial score (nSPS) is 11.8.